The Labute approximate surface area is 319 Å². The Kier molecular flexibility index (Phi) is 12.3. The van der Waals surface area contributed by atoms with Gasteiger partial charge in [-0.15, -0.1) is 18.9 Å². The molecule has 2 heterocycles. The topological polar surface area (TPSA) is 174 Å². The van der Waals surface area contributed by atoms with Crippen molar-refractivity contribution in [1.82, 2.24) is 30.5 Å². The third-order valence-electron chi connectivity index (χ3n) is 11.9. The Morgan fingerprint density at radius 3 is 2.37 bits per heavy atom. The largest absolute Gasteiger partial charge is 0.346 e. The quantitative estimate of drug-likeness (QED) is 0.128. The number of benzene rings is 1. The van der Waals surface area contributed by atoms with E-state index in [1.54, 1.807) is 18.2 Å². The van der Waals surface area contributed by atoms with Crippen LogP contribution in [0, 0.1) is 40.9 Å². The number of likely N-dealkylation sites (tertiary alicyclic amines) is 1. The molecule has 2 saturated carbocycles. The Balaban J connectivity index is 1.34. The van der Waals surface area contributed by atoms with Gasteiger partial charge in [0.05, 0.1) is 10.9 Å². The van der Waals surface area contributed by atoms with E-state index in [9.17, 15) is 32.4 Å². The van der Waals surface area contributed by atoms with Crippen LogP contribution in [0.15, 0.2) is 41.8 Å². The highest BCUT2D eigenvalue weighted by atomic mass is 32.2. The normalized spacial score (nSPS) is 24.4. The molecule has 5 rings (SSSR count). The van der Waals surface area contributed by atoms with E-state index in [2.05, 4.69) is 33.8 Å². The van der Waals surface area contributed by atoms with Crippen LogP contribution >= 0.6 is 0 Å². The van der Waals surface area contributed by atoms with Gasteiger partial charge in [0.15, 0.2) is 0 Å². The van der Waals surface area contributed by atoms with Gasteiger partial charge in [0, 0.05) is 38.6 Å². The number of terminal acetylenes is 1. The highest BCUT2D eigenvalue weighted by Gasteiger charge is 2.70. The van der Waals surface area contributed by atoms with E-state index >= 15 is 0 Å². The predicted molar refractivity (Wildman–Crippen MR) is 204 cm³/mol. The Bertz CT molecular complexity index is 1790. The van der Waals surface area contributed by atoms with Crippen LogP contribution < -0.4 is 21.3 Å². The maximum absolute atomic E-state index is 14.6. The average Bonchev–Trinajstić information content (AvgIpc) is 3.38. The molecule has 2 aliphatic carbocycles. The van der Waals surface area contributed by atoms with E-state index in [0.717, 1.165) is 37.7 Å². The number of amides is 5. The molecule has 1 aromatic carbocycles. The molecular weight excluding hydrogens is 709 g/mol. The maximum atomic E-state index is 14.6. The zero-order valence-electron chi connectivity index (χ0n) is 32.2. The van der Waals surface area contributed by atoms with Crippen LogP contribution in [0.5, 0.6) is 0 Å². The Hall–Kier alpha value is -4.22. The summed E-state index contributed by atoms with van der Waals surface area (Å²) in [5.41, 5.74) is -0.314. The van der Waals surface area contributed by atoms with Crippen LogP contribution in [-0.4, -0.2) is 91.0 Å². The summed E-state index contributed by atoms with van der Waals surface area (Å²) in [6.07, 6.45) is 11.8. The van der Waals surface area contributed by atoms with Crippen molar-refractivity contribution >= 4 is 39.6 Å². The number of piperidine rings is 1. The van der Waals surface area contributed by atoms with Gasteiger partial charge >= 0.3 is 6.03 Å². The van der Waals surface area contributed by atoms with Crippen molar-refractivity contribution < 1.29 is 32.4 Å². The lowest BCUT2D eigenvalue weighted by Crippen LogP contribution is -2.62. The highest BCUT2D eigenvalue weighted by molar-refractivity contribution is 7.89. The molecule has 3 fully saturated rings. The minimum absolute atomic E-state index is 0.0182. The van der Waals surface area contributed by atoms with Gasteiger partial charge in [0.2, 0.25) is 27.6 Å². The molecule has 2 aliphatic heterocycles. The smallest absolute Gasteiger partial charge is 0.315 e. The molecular formula is C40H56N6O7S. The van der Waals surface area contributed by atoms with Gasteiger partial charge in [0.1, 0.15) is 12.1 Å². The van der Waals surface area contributed by atoms with E-state index in [4.69, 9.17) is 6.42 Å². The van der Waals surface area contributed by atoms with E-state index in [-0.39, 0.29) is 67.1 Å². The van der Waals surface area contributed by atoms with E-state index < -0.39 is 69.1 Å². The molecule has 5 amide bonds. The van der Waals surface area contributed by atoms with Crippen molar-refractivity contribution in [3.05, 3.63) is 42.5 Å². The molecule has 294 valence electrons. The van der Waals surface area contributed by atoms with E-state index in [1.807, 2.05) is 40.7 Å². The first-order chi connectivity index (χ1) is 25.4. The zero-order valence-corrected chi connectivity index (χ0v) is 33.0. The molecule has 6 atom stereocenters. The Morgan fingerprint density at radius 1 is 1.06 bits per heavy atom. The molecule has 54 heavy (non-hydrogen) atoms. The van der Waals surface area contributed by atoms with E-state index in [1.165, 1.54) is 15.3 Å². The molecule has 1 saturated heterocycles. The molecule has 0 spiro atoms. The number of fused-ring (bicyclic) bond motifs is 2. The molecule has 1 aromatic rings. The third-order valence-corrected chi connectivity index (χ3v) is 13.8. The number of rotatable bonds is 14. The molecule has 14 heteroatoms. The second-order valence-corrected chi connectivity index (χ2v) is 18.8. The van der Waals surface area contributed by atoms with Crippen LogP contribution in [0.2, 0.25) is 0 Å². The van der Waals surface area contributed by atoms with Gasteiger partial charge in [-0.1, -0.05) is 78.2 Å². The molecule has 13 nitrogen and oxygen atoms in total. The van der Waals surface area contributed by atoms with Crippen molar-refractivity contribution in [1.29, 1.82) is 0 Å². The van der Waals surface area contributed by atoms with Crippen molar-refractivity contribution in [3.63, 3.8) is 0 Å². The number of ketones is 1. The first kappa shape index (κ1) is 41.0. The van der Waals surface area contributed by atoms with Crippen molar-refractivity contribution in [2.75, 3.05) is 19.6 Å². The lowest BCUT2D eigenvalue weighted by molar-refractivity contribution is -0.145. The number of carbonyl (C=O) groups excluding carboxylic acids is 5. The average molecular weight is 765 g/mol. The number of urea groups is 1. The fourth-order valence-corrected chi connectivity index (χ4v) is 10.3. The van der Waals surface area contributed by atoms with Crippen LogP contribution in [-0.2, 0) is 35.7 Å². The van der Waals surface area contributed by atoms with Gasteiger partial charge in [0.25, 0.3) is 5.91 Å². The SMILES string of the molecule is C#CCCC(NC(=O)C1[C@@H]2[C@H](CN1C(=O)[C@@H](NC(=O)N[C@H](CN1Cc3ccccc3S1(=O)=O)C1CCCCC1)C(C)(C)C)C2(C)C)C(=O)C(=O)NCC=C. The first-order valence-electron chi connectivity index (χ1n) is 19.1. The molecule has 0 aromatic heterocycles. The number of carbonyl (C=O) groups is 5. The lowest BCUT2D eigenvalue weighted by atomic mass is 9.83. The monoisotopic (exact) mass is 764 g/mol. The summed E-state index contributed by atoms with van der Waals surface area (Å²) < 4.78 is 28.4. The number of hydrogen-bond donors (Lipinski definition) is 4. The van der Waals surface area contributed by atoms with E-state index in [0.29, 0.717) is 0 Å². The van der Waals surface area contributed by atoms with Crippen molar-refractivity contribution in [2.24, 2.45) is 28.6 Å². The summed E-state index contributed by atoms with van der Waals surface area (Å²) in [7, 11) is -3.73. The molecule has 2 unspecified atom stereocenters. The van der Waals surface area contributed by atoms with Crippen LogP contribution in [0.3, 0.4) is 0 Å². The summed E-state index contributed by atoms with van der Waals surface area (Å²) in [6, 6.07) is 2.64. The fourth-order valence-electron chi connectivity index (χ4n) is 8.66. The fraction of sp³-hybridized carbons (Fsp3) is 0.625. The zero-order chi connectivity index (χ0) is 39.6. The molecule has 4 aliphatic rings. The number of Topliss-reactive ketones (excluding diaryl/α,β-unsaturated/α-hetero) is 1. The number of hydrogen-bond acceptors (Lipinski definition) is 7. The second-order valence-electron chi connectivity index (χ2n) is 16.9. The second kappa shape index (κ2) is 16.3. The van der Waals surface area contributed by atoms with Gasteiger partial charge in [-0.05, 0) is 59.5 Å². The van der Waals surface area contributed by atoms with Gasteiger partial charge in [-0.3, -0.25) is 19.2 Å². The standard InChI is InChI=1S/C40H56N6O7S/c1-8-10-19-28(33(47)36(49)41-21-9-2)42-35(48)32-31-27(40(31,6)7)23-46(32)37(50)34(39(3,4)5)44-38(51)43-29(25-16-12-11-13-17-25)24-45-22-26-18-14-15-20-30(26)54(45,52)53/h1,9,14-15,18,20,25,27-29,31-32,34H,2,10-13,16-17,19,21-24H2,3-7H3,(H,41,49)(H,42,48)(H2,43,44,51)/t27-,28?,29+,31-,32?,34+/m0/s1. The van der Waals surface area contributed by atoms with Crippen LogP contribution in [0.4, 0.5) is 4.79 Å². The van der Waals surface area contributed by atoms with Crippen molar-refractivity contribution in [3.8, 4) is 12.3 Å². The summed E-state index contributed by atoms with van der Waals surface area (Å²) >= 11 is 0. The minimum atomic E-state index is -3.73. The lowest BCUT2D eigenvalue weighted by Gasteiger charge is -2.38. The maximum Gasteiger partial charge on any atom is 0.315 e. The molecule has 0 radical (unpaired) electrons. The van der Waals surface area contributed by atoms with Gasteiger partial charge < -0.3 is 26.2 Å². The number of nitrogens with one attached hydrogen (secondary N) is 4. The van der Waals surface area contributed by atoms with Gasteiger partial charge in [-0.25, -0.2) is 13.2 Å². The summed E-state index contributed by atoms with van der Waals surface area (Å²) in [6.45, 7) is 13.8. The van der Waals surface area contributed by atoms with Crippen LogP contribution in [0.25, 0.3) is 0 Å². The summed E-state index contributed by atoms with van der Waals surface area (Å²) in [5.74, 6) is -0.389. The van der Waals surface area contributed by atoms with Crippen LogP contribution in [0.1, 0.15) is 85.1 Å². The third kappa shape index (κ3) is 8.52. The molecule has 4 N–H and O–H groups in total. The minimum Gasteiger partial charge on any atom is -0.346 e. The number of sulfonamides is 1. The number of nitrogens with zero attached hydrogens (tertiary/aromatic N) is 2. The Morgan fingerprint density at radius 2 is 1.74 bits per heavy atom. The van der Waals surface area contributed by atoms with Crippen molar-refractivity contribution in [2.45, 2.75) is 115 Å². The summed E-state index contributed by atoms with van der Waals surface area (Å²) in [4.78, 5) is 70.1. The van der Waals surface area contributed by atoms with Gasteiger partial charge in [-0.2, -0.15) is 4.31 Å². The summed E-state index contributed by atoms with van der Waals surface area (Å²) in [5, 5.41) is 11.2. The first-order valence-corrected chi connectivity index (χ1v) is 20.5. The molecule has 0 bridgehead atoms. The predicted octanol–water partition coefficient (Wildman–Crippen LogP) is 3.11. The highest BCUT2D eigenvalue weighted by Crippen LogP contribution is 2.65.